The van der Waals surface area contributed by atoms with Gasteiger partial charge in [0.1, 0.15) is 0 Å². The Balaban J connectivity index is 3.48. The number of hydrogen-bond acceptors (Lipinski definition) is 3. The van der Waals surface area contributed by atoms with Gasteiger partial charge in [0.15, 0.2) is 0 Å². The van der Waals surface area contributed by atoms with Crippen LogP contribution in [0.1, 0.15) is 52.9 Å². The highest BCUT2D eigenvalue weighted by molar-refractivity contribution is 4.93. The van der Waals surface area contributed by atoms with E-state index in [1.807, 2.05) is 0 Å². The second-order valence-electron chi connectivity index (χ2n) is 4.90. The first kappa shape index (κ1) is 18.0. The van der Waals surface area contributed by atoms with Crippen LogP contribution in [-0.2, 0) is 4.74 Å². The largest absolute Gasteiger partial charge is 0.389 e. The Morgan fingerprint density at radius 3 is 2.11 bits per heavy atom. The van der Waals surface area contributed by atoms with Crippen LogP contribution in [0.25, 0.3) is 0 Å². The zero-order valence-corrected chi connectivity index (χ0v) is 13.1. The number of nitrogens with one attached hydrogen (secondary N) is 2. The topological polar surface area (TPSA) is 33.3 Å². The molecular formula is C16H32N2O. The fourth-order valence-electron chi connectivity index (χ4n) is 1.74. The summed E-state index contributed by atoms with van der Waals surface area (Å²) in [5.74, 6) is 0. The molecule has 0 bridgehead atoms. The molecule has 0 aliphatic rings. The van der Waals surface area contributed by atoms with Crippen molar-refractivity contribution in [3.8, 4) is 0 Å². The number of ether oxygens (including phenoxy) is 1. The van der Waals surface area contributed by atoms with Gasteiger partial charge in [0.25, 0.3) is 0 Å². The molecule has 19 heavy (non-hydrogen) atoms. The lowest BCUT2D eigenvalue weighted by molar-refractivity contribution is 0.138. The zero-order valence-electron chi connectivity index (χ0n) is 13.1. The van der Waals surface area contributed by atoms with Crippen molar-refractivity contribution in [2.45, 2.75) is 58.9 Å². The Bertz CT molecular complexity index is 247. The highest BCUT2D eigenvalue weighted by Crippen LogP contribution is 2.03. The van der Waals surface area contributed by atoms with Crippen molar-refractivity contribution in [3.05, 3.63) is 24.6 Å². The summed E-state index contributed by atoms with van der Waals surface area (Å²) in [6.07, 6.45) is 5.16. The van der Waals surface area contributed by atoms with Gasteiger partial charge < -0.3 is 15.4 Å². The Morgan fingerprint density at radius 1 is 1.00 bits per heavy atom. The minimum absolute atomic E-state index is 0.547. The van der Waals surface area contributed by atoms with E-state index in [9.17, 15) is 0 Å². The van der Waals surface area contributed by atoms with Crippen LogP contribution in [0.3, 0.4) is 0 Å². The predicted octanol–water partition coefficient (Wildman–Crippen LogP) is 3.59. The molecule has 0 amide bonds. The van der Waals surface area contributed by atoms with Crippen LogP contribution >= 0.6 is 0 Å². The van der Waals surface area contributed by atoms with Crippen molar-refractivity contribution in [3.63, 3.8) is 0 Å². The molecule has 0 spiro atoms. The molecule has 0 unspecified atom stereocenters. The predicted molar refractivity (Wildman–Crippen MR) is 84.1 cm³/mol. The molecule has 0 aromatic carbocycles. The molecule has 2 N–H and O–H groups in total. The first-order valence-corrected chi connectivity index (χ1v) is 7.57. The Labute approximate surface area is 119 Å². The Hall–Kier alpha value is -0.960. The molecule has 0 saturated heterocycles. The molecule has 0 rings (SSSR count). The molecule has 0 heterocycles. The van der Waals surface area contributed by atoms with Crippen molar-refractivity contribution in [2.24, 2.45) is 0 Å². The van der Waals surface area contributed by atoms with Gasteiger partial charge in [-0.25, -0.2) is 0 Å². The van der Waals surface area contributed by atoms with E-state index < -0.39 is 0 Å². The van der Waals surface area contributed by atoms with Crippen LogP contribution in [0.5, 0.6) is 0 Å². The van der Waals surface area contributed by atoms with Gasteiger partial charge in [0.2, 0.25) is 0 Å². The maximum Gasteiger partial charge on any atom is 0.0520 e. The molecule has 0 aromatic heterocycles. The van der Waals surface area contributed by atoms with Gasteiger partial charge >= 0.3 is 0 Å². The highest BCUT2D eigenvalue weighted by atomic mass is 16.5. The maximum absolute atomic E-state index is 5.60. The lowest BCUT2D eigenvalue weighted by Crippen LogP contribution is -2.27. The summed E-state index contributed by atoms with van der Waals surface area (Å²) in [6.45, 7) is 17.0. The summed E-state index contributed by atoms with van der Waals surface area (Å²) in [5, 5.41) is 6.71. The first-order valence-electron chi connectivity index (χ1n) is 7.57. The molecule has 0 fully saturated rings. The second kappa shape index (κ2) is 12.1. The number of rotatable bonds is 13. The summed E-state index contributed by atoms with van der Waals surface area (Å²) in [5.41, 5.74) is 2.15. The Morgan fingerprint density at radius 2 is 1.58 bits per heavy atom. The average molecular weight is 268 g/mol. The summed E-state index contributed by atoms with van der Waals surface area (Å²) in [6, 6.07) is 0.547. The van der Waals surface area contributed by atoms with Crippen LogP contribution in [0.15, 0.2) is 24.6 Å². The average Bonchev–Trinajstić information content (AvgIpc) is 2.42. The zero-order chi connectivity index (χ0) is 14.5. The minimum atomic E-state index is 0.547. The second-order valence-corrected chi connectivity index (χ2v) is 4.90. The van der Waals surface area contributed by atoms with Gasteiger partial charge in [0.05, 0.1) is 13.2 Å². The first-order chi connectivity index (χ1) is 9.13. The summed E-state index contributed by atoms with van der Waals surface area (Å²) < 4.78 is 5.60. The van der Waals surface area contributed by atoms with Gasteiger partial charge in [-0.15, -0.1) is 0 Å². The van der Waals surface area contributed by atoms with Crippen molar-refractivity contribution < 1.29 is 4.74 Å². The van der Waals surface area contributed by atoms with Gasteiger partial charge in [-0.1, -0.05) is 33.9 Å². The molecule has 0 aromatic rings. The van der Waals surface area contributed by atoms with Crippen LogP contribution in [0.4, 0.5) is 0 Å². The van der Waals surface area contributed by atoms with E-state index in [-0.39, 0.29) is 0 Å². The van der Waals surface area contributed by atoms with Crippen LogP contribution < -0.4 is 10.6 Å². The molecule has 112 valence electrons. The third-order valence-corrected chi connectivity index (χ3v) is 3.12. The van der Waals surface area contributed by atoms with Gasteiger partial charge in [0, 0.05) is 36.8 Å². The molecule has 0 saturated carbocycles. The molecule has 0 atom stereocenters. The third kappa shape index (κ3) is 10.6. The summed E-state index contributed by atoms with van der Waals surface area (Å²) in [4.78, 5) is 0. The van der Waals surface area contributed by atoms with Crippen molar-refractivity contribution in [1.82, 2.24) is 10.6 Å². The normalized spacial score (nSPS) is 10.5. The standard InChI is InChI=1S/C16H32N2O/c1-6-11-17-14(4)9-12-19-13-10-15(5)18-16(7-2)8-3/h16-18H,4-13H2,1-3H3. The molecule has 3 heteroatoms. The van der Waals surface area contributed by atoms with E-state index in [0.717, 1.165) is 63.3 Å². The smallest absolute Gasteiger partial charge is 0.0520 e. The van der Waals surface area contributed by atoms with Crippen molar-refractivity contribution in [2.75, 3.05) is 19.8 Å². The van der Waals surface area contributed by atoms with Gasteiger partial charge in [-0.05, 0) is 19.3 Å². The highest BCUT2D eigenvalue weighted by Gasteiger charge is 2.03. The lowest BCUT2D eigenvalue weighted by atomic mass is 10.1. The van der Waals surface area contributed by atoms with E-state index in [2.05, 4.69) is 44.6 Å². The molecule has 0 aliphatic heterocycles. The van der Waals surface area contributed by atoms with Crippen molar-refractivity contribution >= 4 is 0 Å². The van der Waals surface area contributed by atoms with Gasteiger partial charge in [-0.2, -0.15) is 0 Å². The SMILES string of the molecule is C=C(CCOCCC(=C)NC(CC)CC)NCCC. The third-order valence-electron chi connectivity index (χ3n) is 3.12. The van der Waals surface area contributed by atoms with E-state index in [0.29, 0.717) is 6.04 Å². The fourth-order valence-corrected chi connectivity index (χ4v) is 1.74. The minimum Gasteiger partial charge on any atom is -0.389 e. The molecule has 0 aliphatic carbocycles. The van der Waals surface area contributed by atoms with Gasteiger partial charge in [-0.3, -0.25) is 0 Å². The van der Waals surface area contributed by atoms with Crippen LogP contribution in [-0.4, -0.2) is 25.8 Å². The summed E-state index contributed by atoms with van der Waals surface area (Å²) in [7, 11) is 0. The van der Waals surface area contributed by atoms with E-state index in [1.165, 1.54) is 0 Å². The maximum atomic E-state index is 5.60. The van der Waals surface area contributed by atoms with Crippen LogP contribution in [0.2, 0.25) is 0 Å². The number of hydrogen-bond donors (Lipinski definition) is 2. The summed E-state index contributed by atoms with van der Waals surface area (Å²) >= 11 is 0. The Kier molecular flexibility index (Phi) is 11.5. The lowest BCUT2D eigenvalue weighted by Gasteiger charge is -2.18. The monoisotopic (exact) mass is 268 g/mol. The van der Waals surface area contributed by atoms with E-state index in [4.69, 9.17) is 4.74 Å². The van der Waals surface area contributed by atoms with Crippen LogP contribution in [0, 0.1) is 0 Å². The van der Waals surface area contributed by atoms with E-state index in [1.54, 1.807) is 0 Å². The molecule has 0 radical (unpaired) electrons. The molecule has 3 nitrogen and oxygen atoms in total. The fraction of sp³-hybridized carbons (Fsp3) is 0.750. The van der Waals surface area contributed by atoms with E-state index >= 15 is 0 Å². The molecular weight excluding hydrogens is 236 g/mol. The quantitative estimate of drug-likeness (QED) is 0.501. The van der Waals surface area contributed by atoms with Crippen molar-refractivity contribution in [1.29, 1.82) is 0 Å².